The number of halogens is 4. The second-order valence-electron chi connectivity index (χ2n) is 4.74. The van der Waals surface area contributed by atoms with E-state index in [4.69, 9.17) is 16.3 Å². The van der Waals surface area contributed by atoms with E-state index in [2.05, 4.69) is 25.8 Å². The van der Waals surface area contributed by atoms with Crippen molar-refractivity contribution in [3.63, 3.8) is 0 Å². The van der Waals surface area contributed by atoms with E-state index in [9.17, 15) is 14.0 Å². The summed E-state index contributed by atoms with van der Waals surface area (Å²) in [5.41, 5.74) is 0.762. The number of aromatic nitrogens is 2. The van der Waals surface area contributed by atoms with Gasteiger partial charge in [0.2, 0.25) is 0 Å². The van der Waals surface area contributed by atoms with Crippen LogP contribution in [0, 0.1) is 11.3 Å². The maximum absolute atomic E-state index is 13.2. The smallest absolute Gasteiger partial charge is 0.459 e. The molecule has 0 atom stereocenters. The molecule has 5 nitrogen and oxygen atoms in total. The van der Waals surface area contributed by atoms with E-state index in [1.165, 1.54) is 0 Å². The Morgan fingerprint density at radius 2 is 2.30 bits per heavy atom. The monoisotopic (exact) mass is 403 g/mol. The molecule has 1 aromatic carbocycles. The van der Waals surface area contributed by atoms with Gasteiger partial charge in [-0.3, -0.25) is 4.68 Å². The molecule has 0 aliphatic carbocycles. The summed E-state index contributed by atoms with van der Waals surface area (Å²) < 4.78 is 38.2. The van der Waals surface area contributed by atoms with Crippen molar-refractivity contribution in [2.24, 2.45) is 0 Å². The first-order valence-corrected chi connectivity index (χ1v) is 7.75. The van der Waals surface area contributed by atoms with Gasteiger partial charge in [-0.15, -0.1) is 0 Å². The quantitative estimate of drug-likeness (QED) is 0.705. The Balaban J connectivity index is 2.29. The molecule has 2 heterocycles. The van der Waals surface area contributed by atoms with Crippen LogP contribution < -0.4 is 9.47 Å². The van der Waals surface area contributed by atoms with E-state index in [0.717, 1.165) is 6.07 Å². The number of fused-ring (bicyclic) bond motifs is 3. The van der Waals surface area contributed by atoms with E-state index < -0.39 is 5.02 Å². The molecule has 3 rings (SSSR count). The van der Waals surface area contributed by atoms with Crippen LogP contribution in [0.3, 0.4) is 0 Å². The Morgan fingerprint density at radius 3 is 3.00 bits per heavy atom. The Kier molecular flexibility index (Phi) is 4.17. The Morgan fingerprint density at radius 1 is 1.52 bits per heavy atom. The number of nitrogens with zero attached hydrogens (tertiary/aromatic N) is 3. The molecule has 1 aliphatic heterocycles. The van der Waals surface area contributed by atoms with Crippen LogP contribution in [0.15, 0.2) is 18.3 Å². The van der Waals surface area contributed by atoms with Crippen molar-refractivity contribution in [2.75, 3.05) is 6.61 Å². The minimum Gasteiger partial charge on any atom is -0.491 e. The maximum Gasteiger partial charge on any atom is 0.459 e. The summed E-state index contributed by atoms with van der Waals surface area (Å²) in [7, 11) is 0. The van der Waals surface area contributed by atoms with Gasteiger partial charge in [0, 0.05) is 41.2 Å². The fourth-order valence-corrected chi connectivity index (χ4v) is 2.84. The first-order valence-electron chi connectivity index (χ1n) is 6.58. The van der Waals surface area contributed by atoms with Crippen LogP contribution in [0.2, 0.25) is 5.02 Å². The molecule has 0 bridgehead atoms. The molecule has 0 fully saturated rings. The summed E-state index contributed by atoms with van der Waals surface area (Å²) >= 11 is 8.25. The second-order valence-corrected chi connectivity index (χ2v) is 6.07. The third kappa shape index (κ3) is 3.12. The Bertz CT molecular complexity index is 799. The first kappa shape index (κ1) is 16.0. The normalized spacial score (nSPS) is 13.9. The number of benzene rings is 1. The third-order valence-electron chi connectivity index (χ3n) is 3.27. The van der Waals surface area contributed by atoms with Crippen molar-refractivity contribution < 1.29 is 18.3 Å². The van der Waals surface area contributed by atoms with Gasteiger partial charge in [-0.1, -0.05) is 11.6 Å². The molecule has 0 N–H and O–H groups in total. The van der Waals surface area contributed by atoms with E-state index in [1.807, 2.05) is 6.07 Å². The van der Waals surface area contributed by atoms with Crippen LogP contribution in [0.4, 0.5) is 8.78 Å². The van der Waals surface area contributed by atoms with E-state index in [1.54, 1.807) is 16.9 Å². The Labute approximate surface area is 143 Å². The van der Waals surface area contributed by atoms with Crippen molar-refractivity contribution in [2.45, 2.75) is 18.0 Å². The van der Waals surface area contributed by atoms with Gasteiger partial charge in [0.25, 0.3) is 0 Å². The molecule has 1 aromatic heterocycles. The van der Waals surface area contributed by atoms with E-state index >= 15 is 0 Å². The predicted octanol–water partition coefficient (Wildman–Crippen LogP) is 4.18. The molecule has 0 radical (unpaired) electrons. The Hall–Kier alpha value is -1.85. The van der Waals surface area contributed by atoms with Crippen molar-refractivity contribution in [3.8, 4) is 28.8 Å². The van der Waals surface area contributed by atoms with Crippen LogP contribution in [-0.4, -0.2) is 21.4 Å². The standard InChI is InChI=1S/C14H9BrClF2N3O2/c15-14(17,18)23-11-6-9(16)13-12(8(11)7-19)10-2-3-20-21(10)4-1-5-22-13/h2-3,6H,1,4-5H2. The molecule has 0 unspecified atom stereocenters. The van der Waals surface area contributed by atoms with Crippen molar-refractivity contribution in [3.05, 3.63) is 28.9 Å². The highest BCUT2D eigenvalue weighted by Gasteiger charge is 2.31. The first-order chi connectivity index (χ1) is 10.9. The van der Waals surface area contributed by atoms with Gasteiger partial charge in [-0.2, -0.15) is 19.1 Å². The van der Waals surface area contributed by atoms with Crippen LogP contribution in [-0.2, 0) is 6.54 Å². The predicted molar refractivity (Wildman–Crippen MR) is 82.0 cm³/mol. The average molecular weight is 405 g/mol. The highest BCUT2D eigenvalue weighted by Crippen LogP contribution is 2.45. The molecule has 1 aliphatic rings. The van der Waals surface area contributed by atoms with Gasteiger partial charge in [-0.05, 0) is 6.07 Å². The molecular weight excluding hydrogens is 396 g/mol. The summed E-state index contributed by atoms with van der Waals surface area (Å²) in [6.07, 6.45) is 2.26. The van der Waals surface area contributed by atoms with Crippen LogP contribution in [0.5, 0.6) is 11.5 Å². The fourth-order valence-electron chi connectivity index (χ4n) is 2.42. The van der Waals surface area contributed by atoms with Gasteiger partial charge in [0.1, 0.15) is 23.1 Å². The molecule has 2 aromatic rings. The molecule has 0 saturated heterocycles. The number of rotatable bonds is 2. The van der Waals surface area contributed by atoms with Gasteiger partial charge in [0.05, 0.1) is 22.9 Å². The fraction of sp³-hybridized carbons (Fsp3) is 0.286. The number of alkyl halides is 3. The highest BCUT2D eigenvalue weighted by molar-refractivity contribution is 9.09. The summed E-state index contributed by atoms with van der Waals surface area (Å²) in [5, 5.41) is 10.1. The molecule has 9 heteroatoms. The summed E-state index contributed by atoms with van der Waals surface area (Å²) in [6.45, 7) is 0.940. The van der Waals surface area contributed by atoms with E-state index in [-0.39, 0.29) is 22.1 Å². The molecular formula is C14H9BrClF2N3O2. The molecule has 0 amide bonds. The lowest BCUT2D eigenvalue weighted by Crippen LogP contribution is -2.17. The number of aryl methyl sites for hydroxylation is 1. The largest absolute Gasteiger partial charge is 0.491 e. The molecule has 0 spiro atoms. The van der Waals surface area contributed by atoms with Crippen LogP contribution >= 0.6 is 27.5 Å². The maximum atomic E-state index is 13.2. The van der Waals surface area contributed by atoms with E-state index in [0.29, 0.717) is 30.8 Å². The number of hydrogen-bond donors (Lipinski definition) is 0. The van der Waals surface area contributed by atoms with Crippen LogP contribution in [0.25, 0.3) is 11.3 Å². The highest BCUT2D eigenvalue weighted by atomic mass is 79.9. The molecule has 23 heavy (non-hydrogen) atoms. The second kappa shape index (κ2) is 5.98. The summed E-state index contributed by atoms with van der Waals surface area (Å²) in [5.74, 6) is -0.0787. The van der Waals surface area contributed by atoms with Gasteiger partial charge < -0.3 is 9.47 Å². The lowest BCUT2D eigenvalue weighted by atomic mass is 10.0. The summed E-state index contributed by atoms with van der Waals surface area (Å²) in [6, 6.07) is 4.71. The SMILES string of the molecule is N#Cc1c(OC(F)(F)Br)cc(Cl)c2c1-c1ccnn1CCCO2. The van der Waals surface area contributed by atoms with Gasteiger partial charge in [-0.25, -0.2) is 0 Å². The molecule has 0 saturated carbocycles. The number of hydrogen-bond acceptors (Lipinski definition) is 4. The zero-order valence-electron chi connectivity index (χ0n) is 11.5. The van der Waals surface area contributed by atoms with Gasteiger partial charge in [0.15, 0.2) is 0 Å². The number of ether oxygens (including phenoxy) is 2. The lowest BCUT2D eigenvalue weighted by Gasteiger charge is -2.21. The van der Waals surface area contributed by atoms with Crippen molar-refractivity contribution in [1.29, 1.82) is 5.26 Å². The van der Waals surface area contributed by atoms with Crippen LogP contribution in [0.1, 0.15) is 12.0 Å². The summed E-state index contributed by atoms with van der Waals surface area (Å²) in [4.78, 5) is 0. The van der Waals surface area contributed by atoms with Gasteiger partial charge >= 0.3 is 5.02 Å². The average Bonchev–Trinajstić information content (AvgIpc) is 2.87. The molecule has 120 valence electrons. The minimum absolute atomic E-state index is 0.0837. The lowest BCUT2D eigenvalue weighted by molar-refractivity contribution is -0.0804. The van der Waals surface area contributed by atoms with Crippen molar-refractivity contribution in [1.82, 2.24) is 9.78 Å². The minimum atomic E-state index is -3.63. The third-order valence-corrected chi connectivity index (χ3v) is 3.71. The number of nitriles is 1. The topological polar surface area (TPSA) is 60.1 Å². The van der Waals surface area contributed by atoms with Crippen molar-refractivity contribution >= 4 is 27.5 Å². The zero-order chi connectivity index (χ0) is 16.6. The zero-order valence-corrected chi connectivity index (χ0v) is 13.9.